The van der Waals surface area contributed by atoms with Gasteiger partial charge < -0.3 is 4.90 Å². The minimum Gasteiger partial charge on any atom is -0.354 e. The van der Waals surface area contributed by atoms with Crippen LogP contribution in [0.5, 0.6) is 0 Å². The fraction of sp³-hybridized carbons (Fsp3) is 0.200. The summed E-state index contributed by atoms with van der Waals surface area (Å²) in [4.78, 5) is 11.1. The lowest BCUT2D eigenvalue weighted by Crippen LogP contribution is -2.18. The Bertz CT molecular complexity index is 1050. The molecule has 0 aliphatic heterocycles. The number of rotatable bonds is 5. The van der Waals surface area contributed by atoms with Crippen LogP contribution in [0.2, 0.25) is 0 Å². The number of aryl methyl sites for hydroxylation is 2. The molecule has 0 spiro atoms. The van der Waals surface area contributed by atoms with E-state index in [1.807, 2.05) is 79.1 Å². The van der Waals surface area contributed by atoms with E-state index >= 15 is 0 Å². The zero-order valence-electron chi connectivity index (χ0n) is 15.6. The Morgan fingerprint density at radius 1 is 1.04 bits per heavy atom. The van der Waals surface area contributed by atoms with Crippen molar-refractivity contribution in [2.45, 2.75) is 20.4 Å². The van der Waals surface area contributed by atoms with E-state index in [2.05, 4.69) is 20.1 Å². The zero-order chi connectivity index (χ0) is 18.8. The first kappa shape index (κ1) is 17.0. The van der Waals surface area contributed by atoms with Crippen LogP contribution >= 0.6 is 0 Å². The maximum absolute atomic E-state index is 4.71. The van der Waals surface area contributed by atoms with Crippen molar-refractivity contribution in [3.8, 4) is 11.5 Å². The highest BCUT2D eigenvalue weighted by Gasteiger charge is 2.10. The summed E-state index contributed by atoms with van der Waals surface area (Å²) in [5.74, 6) is 1.50. The molecule has 3 heterocycles. The monoisotopic (exact) mass is 359 g/mol. The molecule has 1 aromatic carbocycles. The molecule has 27 heavy (non-hydrogen) atoms. The lowest BCUT2D eigenvalue weighted by molar-refractivity contribution is 0.788. The summed E-state index contributed by atoms with van der Waals surface area (Å²) in [6.07, 6.45) is 7.40. The molecule has 0 bridgehead atoms. The third kappa shape index (κ3) is 3.57. The minimum absolute atomic E-state index is 0.683. The highest BCUT2D eigenvalue weighted by Crippen LogP contribution is 2.16. The van der Waals surface area contributed by atoms with Gasteiger partial charge in [-0.05, 0) is 32.0 Å². The largest absolute Gasteiger partial charge is 0.354 e. The van der Waals surface area contributed by atoms with E-state index in [4.69, 9.17) is 4.98 Å². The van der Waals surface area contributed by atoms with Crippen molar-refractivity contribution in [2.24, 2.45) is 0 Å². The highest BCUT2D eigenvalue weighted by atomic mass is 15.3. The van der Waals surface area contributed by atoms with Crippen LogP contribution in [0.1, 0.15) is 17.0 Å². The van der Waals surface area contributed by atoms with E-state index in [1.54, 1.807) is 12.4 Å². The van der Waals surface area contributed by atoms with E-state index in [0.29, 0.717) is 12.4 Å². The fourth-order valence-electron chi connectivity index (χ4n) is 3.01. The van der Waals surface area contributed by atoms with E-state index in [9.17, 15) is 0 Å². The molecule has 0 atom stereocenters. The Labute approximate surface area is 157 Å². The summed E-state index contributed by atoms with van der Waals surface area (Å²) in [6, 6.07) is 12.1. The summed E-state index contributed by atoms with van der Waals surface area (Å²) in [5, 5.41) is 8.94. The van der Waals surface area contributed by atoms with Gasteiger partial charge in [-0.1, -0.05) is 18.2 Å². The van der Waals surface area contributed by atoms with Crippen molar-refractivity contribution in [2.75, 3.05) is 11.9 Å². The van der Waals surface area contributed by atoms with Gasteiger partial charge in [0.2, 0.25) is 0 Å². The molecule has 4 rings (SSSR count). The average molecular weight is 359 g/mol. The molecule has 7 heteroatoms. The van der Waals surface area contributed by atoms with Gasteiger partial charge in [-0.15, -0.1) is 0 Å². The van der Waals surface area contributed by atoms with Crippen LogP contribution in [0, 0.1) is 13.8 Å². The maximum Gasteiger partial charge on any atom is 0.174 e. The SMILES string of the molecule is Cc1cc(C)n(-c2cncc(N(C)Cc3cnn(-c4ccccc4)c3)n2)n1. The first-order valence-corrected chi connectivity index (χ1v) is 8.76. The van der Waals surface area contributed by atoms with Gasteiger partial charge in [0, 0.05) is 31.0 Å². The number of para-hydroxylation sites is 1. The third-order valence-electron chi connectivity index (χ3n) is 4.30. The zero-order valence-corrected chi connectivity index (χ0v) is 15.6. The van der Waals surface area contributed by atoms with E-state index < -0.39 is 0 Å². The maximum atomic E-state index is 4.71. The molecule has 0 aliphatic rings. The third-order valence-corrected chi connectivity index (χ3v) is 4.30. The molecule has 0 radical (unpaired) electrons. The molecule has 136 valence electrons. The number of anilines is 1. The first-order valence-electron chi connectivity index (χ1n) is 8.76. The van der Waals surface area contributed by atoms with Gasteiger partial charge in [0.1, 0.15) is 5.82 Å². The number of benzene rings is 1. The molecule has 0 fully saturated rings. The number of hydrogen-bond acceptors (Lipinski definition) is 5. The lowest BCUT2D eigenvalue weighted by Gasteiger charge is -2.17. The minimum atomic E-state index is 0.683. The van der Waals surface area contributed by atoms with Gasteiger partial charge in [0.05, 0.1) is 30.0 Å². The molecule has 3 aromatic heterocycles. The first-order chi connectivity index (χ1) is 13.1. The van der Waals surface area contributed by atoms with Crippen molar-refractivity contribution in [3.05, 3.63) is 78.1 Å². The van der Waals surface area contributed by atoms with Crippen LogP contribution in [-0.2, 0) is 6.54 Å². The molecule has 4 aromatic rings. The van der Waals surface area contributed by atoms with Crippen molar-refractivity contribution in [1.82, 2.24) is 29.5 Å². The van der Waals surface area contributed by atoms with Gasteiger partial charge >= 0.3 is 0 Å². The van der Waals surface area contributed by atoms with Crippen LogP contribution in [0.4, 0.5) is 5.82 Å². The van der Waals surface area contributed by atoms with Crippen LogP contribution in [0.15, 0.2) is 61.2 Å². The van der Waals surface area contributed by atoms with Crippen LogP contribution in [0.3, 0.4) is 0 Å². The number of nitrogens with zero attached hydrogens (tertiary/aromatic N) is 7. The fourth-order valence-corrected chi connectivity index (χ4v) is 3.01. The molecular weight excluding hydrogens is 338 g/mol. The van der Waals surface area contributed by atoms with Crippen LogP contribution in [-0.4, -0.2) is 36.6 Å². The van der Waals surface area contributed by atoms with Gasteiger partial charge in [0.25, 0.3) is 0 Å². The van der Waals surface area contributed by atoms with Gasteiger partial charge in [-0.3, -0.25) is 4.98 Å². The molecule has 7 nitrogen and oxygen atoms in total. The number of aromatic nitrogens is 6. The summed E-state index contributed by atoms with van der Waals surface area (Å²) < 4.78 is 3.69. The second-order valence-electron chi connectivity index (χ2n) is 6.56. The van der Waals surface area contributed by atoms with E-state index in [-0.39, 0.29) is 0 Å². The van der Waals surface area contributed by atoms with Crippen molar-refractivity contribution in [1.29, 1.82) is 0 Å². The molecule has 0 aliphatic carbocycles. The lowest BCUT2D eigenvalue weighted by atomic mass is 10.3. The van der Waals surface area contributed by atoms with Gasteiger partial charge in [-0.2, -0.15) is 10.2 Å². The summed E-state index contributed by atoms with van der Waals surface area (Å²) in [7, 11) is 1.99. The highest BCUT2D eigenvalue weighted by molar-refractivity contribution is 5.40. The Balaban J connectivity index is 1.54. The Hall–Kier alpha value is -3.48. The Morgan fingerprint density at radius 3 is 2.59 bits per heavy atom. The molecule has 0 saturated carbocycles. The topological polar surface area (TPSA) is 64.7 Å². The van der Waals surface area contributed by atoms with E-state index in [0.717, 1.165) is 28.5 Å². The standard InChI is InChI=1S/C20H21N7/c1-15-9-16(2)27(24-15)20-12-21-11-19(23-20)25(3)13-17-10-22-26(14-17)18-7-5-4-6-8-18/h4-12,14H,13H2,1-3H3. The smallest absolute Gasteiger partial charge is 0.174 e. The quantitative estimate of drug-likeness (QED) is 0.548. The van der Waals surface area contributed by atoms with Gasteiger partial charge in [0.15, 0.2) is 5.82 Å². The summed E-state index contributed by atoms with van der Waals surface area (Å²) in [5.41, 5.74) is 4.13. The summed E-state index contributed by atoms with van der Waals surface area (Å²) >= 11 is 0. The van der Waals surface area contributed by atoms with Crippen molar-refractivity contribution in [3.63, 3.8) is 0 Å². The number of hydrogen-bond donors (Lipinski definition) is 0. The average Bonchev–Trinajstić information content (AvgIpc) is 3.28. The Morgan fingerprint density at radius 2 is 1.85 bits per heavy atom. The molecule has 0 saturated heterocycles. The normalized spacial score (nSPS) is 10.9. The predicted molar refractivity (Wildman–Crippen MR) is 104 cm³/mol. The van der Waals surface area contributed by atoms with Crippen molar-refractivity contribution >= 4 is 5.82 Å². The summed E-state index contributed by atoms with van der Waals surface area (Å²) in [6.45, 7) is 4.66. The van der Waals surface area contributed by atoms with Gasteiger partial charge in [-0.25, -0.2) is 14.3 Å². The van der Waals surface area contributed by atoms with E-state index in [1.165, 1.54) is 0 Å². The van der Waals surface area contributed by atoms with Crippen molar-refractivity contribution < 1.29 is 0 Å². The van der Waals surface area contributed by atoms with Crippen LogP contribution < -0.4 is 4.90 Å². The molecule has 0 amide bonds. The second kappa shape index (κ2) is 7.03. The second-order valence-corrected chi connectivity index (χ2v) is 6.56. The van der Waals surface area contributed by atoms with Crippen LogP contribution in [0.25, 0.3) is 11.5 Å². The molecule has 0 unspecified atom stereocenters. The molecule has 0 N–H and O–H groups in total. The Kier molecular flexibility index (Phi) is 4.42. The molecular formula is C20H21N7. The predicted octanol–water partition coefficient (Wildman–Crippen LogP) is 3.10.